The first kappa shape index (κ1) is 15.3. The summed E-state index contributed by atoms with van der Waals surface area (Å²) in [4.78, 5) is 0. The maximum absolute atomic E-state index is 12.7. The molecule has 0 saturated carbocycles. The third-order valence-electron chi connectivity index (χ3n) is 2.63. The van der Waals surface area contributed by atoms with Gasteiger partial charge >= 0.3 is 12.5 Å². The van der Waals surface area contributed by atoms with Crippen LogP contribution in [-0.4, -0.2) is 23.7 Å². The van der Waals surface area contributed by atoms with E-state index < -0.39 is 35.9 Å². The van der Waals surface area contributed by atoms with E-state index >= 15 is 0 Å². The van der Waals surface area contributed by atoms with Gasteiger partial charge in [0.25, 0.3) is 0 Å². The first-order valence-electron chi connectivity index (χ1n) is 5.51. The Hall–Kier alpha value is -2.06. The summed E-state index contributed by atoms with van der Waals surface area (Å²) in [7, 11) is 0. The number of halogens is 6. The average Bonchev–Trinajstić information content (AvgIpc) is 2.23. The van der Waals surface area contributed by atoms with Gasteiger partial charge in [-0.3, -0.25) is 0 Å². The Kier molecular flexibility index (Phi) is 3.46. The monoisotopic (exact) mass is 314 g/mol. The Bertz CT molecular complexity index is 588. The van der Waals surface area contributed by atoms with Crippen LogP contribution in [0.1, 0.15) is 12.5 Å². The predicted octanol–water partition coefficient (Wildman–Crippen LogP) is 4.02. The summed E-state index contributed by atoms with van der Waals surface area (Å²) in [5, 5.41) is 9.53. The lowest BCUT2D eigenvalue weighted by Gasteiger charge is -2.28. The van der Waals surface area contributed by atoms with Crippen molar-refractivity contribution in [1.29, 1.82) is 0 Å². The maximum atomic E-state index is 12.7. The van der Waals surface area contributed by atoms with Gasteiger partial charge < -0.3 is 14.6 Å². The molecule has 0 saturated heterocycles. The van der Waals surface area contributed by atoms with Crippen molar-refractivity contribution >= 4 is 6.08 Å². The molecule has 1 aliphatic heterocycles. The van der Waals surface area contributed by atoms with Crippen LogP contribution in [0.4, 0.5) is 26.3 Å². The average molecular weight is 314 g/mol. The van der Waals surface area contributed by atoms with E-state index in [1.54, 1.807) is 0 Å². The van der Waals surface area contributed by atoms with Crippen LogP contribution in [0.25, 0.3) is 6.08 Å². The quantitative estimate of drug-likeness (QED) is 0.796. The van der Waals surface area contributed by atoms with Gasteiger partial charge in [0.1, 0.15) is 5.75 Å². The number of fused-ring (bicyclic) bond motifs is 1. The number of rotatable bonds is 1. The van der Waals surface area contributed by atoms with Crippen molar-refractivity contribution in [2.45, 2.75) is 25.6 Å². The number of hydrogen-bond acceptors (Lipinski definition) is 3. The second-order valence-corrected chi connectivity index (χ2v) is 4.34. The molecular weight excluding hydrogens is 306 g/mol. The van der Waals surface area contributed by atoms with Gasteiger partial charge in [-0.05, 0) is 24.6 Å². The molecule has 21 heavy (non-hydrogen) atoms. The molecule has 0 bridgehead atoms. The number of aromatic hydroxyl groups is 1. The standard InChI is InChI=1S/C12H8F6O3/c1-5-2-6-3-7(21-12(16,17)18)4-8(19)9(6)20-10(5)11(13,14)15/h2-4,10,19H,1H3. The lowest BCUT2D eigenvalue weighted by atomic mass is 10.0. The summed E-state index contributed by atoms with van der Waals surface area (Å²) in [6.45, 7) is 1.12. The molecule has 116 valence electrons. The summed E-state index contributed by atoms with van der Waals surface area (Å²) < 4.78 is 82.7. The van der Waals surface area contributed by atoms with Gasteiger partial charge in [-0.2, -0.15) is 13.2 Å². The van der Waals surface area contributed by atoms with Gasteiger partial charge in [-0.1, -0.05) is 0 Å². The normalized spacial score (nSPS) is 18.6. The largest absolute Gasteiger partial charge is 0.573 e. The van der Waals surface area contributed by atoms with Gasteiger partial charge in [-0.15, -0.1) is 13.2 Å². The smallest absolute Gasteiger partial charge is 0.504 e. The van der Waals surface area contributed by atoms with Crippen molar-refractivity contribution in [1.82, 2.24) is 0 Å². The Balaban J connectivity index is 2.42. The molecule has 1 atom stereocenters. The minimum atomic E-state index is -4.98. The van der Waals surface area contributed by atoms with E-state index in [2.05, 4.69) is 9.47 Å². The molecule has 0 amide bonds. The van der Waals surface area contributed by atoms with Crippen LogP contribution < -0.4 is 9.47 Å². The number of alkyl halides is 6. The Morgan fingerprint density at radius 1 is 1.14 bits per heavy atom. The molecule has 1 aromatic carbocycles. The van der Waals surface area contributed by atoms with Gasteiger partial charge in [0.2, 0.25) is 6.10 Å². The van der Waals surface area contributed by atoms with E-state index in [0.717, 1.165) is 19.1 Å². The molecule has 9 heteroatoms. The van der Waals surface area contributed by atoms with Crippen molar-refractivity contribution in [3.8, 4) is 17.2 Å². The summed E-state index contributed by atoms with van der Waals surface area (Å²) in [6.07, 6.45) is -11.0. The van der Waals surface area contributed by atoms with Crippen molar-refractivity contribution in [2.75, 3.05) is 0 Å². The predicted molar refractivity (Wildman–Crippen MR) is 58.9 cm³/mol. The minimum absolute atomic E-state index is 0.132. The topological polar surface area (TPSA) is 38.7 Å². The highest BCUT2D eigenvalue weighted by Gasteiger charge is 2.45. The number of phenolic OH excluding ortho intramolecular Hbond substituents is 1. The van der Waals surface area contributed by atoms with Crippen molar-refractivity contribution in [2.24, 2.45) is 0 Å². The number of ether oxygens (including phenoxy) is 2. The van der Waals surface area contributed by atoms with Gasteiger partial charge in [0.15, 0.2) is 11.5 Å². The molecule has 0 aromatic heterocycles. The molecule has 0 radical (unpaired) electrons. The summed E-state index contributed by atoms with van der Waals surface area (Å²) in [5.74, 6) is -2.17. The highest BCUT2D eigenvalue weighted by atomic mass is 19.4. The Morgan fingerprint density at radius 2 is 1.76 bits per heavy atom. The SMILES string of the molecule is CC1=Cc2cc(OC(F)(F)F)cc(O)c2OC1C(F)(F)F. The third kappa shape index (κ3) is 3.34. The molecular formula is C12H8F6O3. The van der Waals surface area contributed by atoms with E-state index in [1.165, 1.54) is 0 Å². The zero-order valence-corrected chi connectivity index (χ0v) is 10.3. The Morgan fingerprint density at radius 3 is 2.29 bits per heavy atom. The second kappa shape index (κ2) is 4.74. The van der Waals surface area contributed by atoms with Gasteiger partial charge in [0.05, 0.1) is 0 Å². The lowest BCUT2D eigenvalue weighted by molar-refractivity contribution is -0.274. The number of benzene rings is 1. The third-order valence-corrected chi connectivity index (χ3v) is 2.63. The van der Waals surface area contributed by atoms with E-state index in [9.17, 15) is 31.4 Å². The maximum Gasteiger partial charge on any atom is 0.573 e. The first-order valence-corrected chi connectivity index (χ1v) is 5.51. The number of phenols is 1. The molecule has 1 unspecified atom stereocenters. The van der Waals surface area contributed by atoms with E-state index in [-0.39, 0.29) is 11.1 Å². The van der Waals surface area contributed by atoms with E-state index in [0.29, 0.717) is 6.07 Å². The van der Waals surface area contributed by atoms with Crippen molar-refractivity contribution < 1.29 is 40.9 Å². The zero-order valence-electron chi connectivity index (χ0n) is 10.3. The highest BCUT2D eigenvalue weighted by molar-refractivity contribution is 5.68. The van der Waals surface area contributed by atoms with Gasteiger partial charge in [0, 0.05) is 11.6 Å². The van der Waals surface area contributed by atoms with Crippen LogP contribution >= 0.6 is 0 Å². The zero-order chi connectivity index (χ0) is 16.0. The summed E-state index contributed by atoms with van der Waals surface area (Å²) >= 11 is 0. The van der Waals surface area contributed by atoms with E-state index in [1.807, 2.05) is 0 Å². The highest BCUT2D eigenvalue weighted by Crippen LogP contribution is 2.44. The van der Waals surface area contributed by atoms with Crippen LogP contribution in [-0.2, 0) is 0 Å². The fraction of sp³-hybridized carbons (Fsp3) is 0.333. The molecule has 2 rings (SSSR count). The molecule has 1 aromatic rings. The minimum Gasteiger partial charge on any atom is -0.504 e. The molecule has 1 aliphatic rings. The van der Waals surface area contributed by atoms with Crippen LogP contribution in [0, 0.1) is 0 Å². The fourth-order valence-corrected chi connectivity index (χ4v) is 1.89. The fourth-order valence-electron chi connectivity index (χ4n) is 1.89. The summed E-state index contributed by atoms with van der Waals surface area (Å²) in [6, 6.07) is 1.37. The molecule has 0 aliphatic carbocycles. The van der Waals surface area contributed by atoms with Gasteiger partial charge in [-0.25, -0.2) is 0 Å². The molecule has 0 fully saturated rings. The van der Waals surface area contributed by atoms with Crippen LogP contribution in [0.2, 0.25) is 0 Å². The van der Waals surface area contributed by atoms with Crippen LogP contribution in [0.3, 0.4) is 0 Å². The number of hydrogen-bond donors (Lipinski definition) is 1. The molecule has 1 N–H and O–H groups in total. The van der Waals surface area contributed by atoms with E-state index in [4.69, 9.17) is 0 Å². The second-order valence-electron chi connectivity index (χ2n) is 4.34. The molecule has 0 spiro atoms. The summed E-state index contributed by atoms with van der Waals surface area (Å²) in [5.41, 5.74) is -0.384. The van der Waals surface area contributed by atoms with Crippen LogP contribution in [0.15, 0.2) is 17.7 Å². The van der Waals surface area contributed by atoms with Crippen molar-refractivity contribution in [3.63, 3.8) is 0 Å². The molecule has 3 nitrogen and oxygen atoms in total. The first-order chi connectivity index (χ1) is 9.47. The van der Waals surface area contributed by atoms with Crippen molar-refractivity contribution in [3.05, 3.63) is 23.3 Å². The molecule has 1 heterocycles. The lowest BCUT2D eigenvalue weighted by Crippen LogP contribution is -2.37. The Labute approximate surface area is 114 Å². The van der Waals surface area contributed by atoms with Crippen LogP contribution in [0.5, 0.6) is 17.2 Å².